The van der Waals surface area contributed by atoms with Crippen molar-refractivity contribution in [1.29, 1.82) is 0 Å². The highest BCUT2D eigenvalue weighted by molar-refractivity contribution is 5.57. The normalized spacial score (nSPS) is 21.1. The zero-order valence-electron chi connectivity index (χ0n) is 13.1. The minimum Gasteiger partial charge on any atom is -0.389 e. The smallest absolute Gasteiger partial charge is 0.126 e. The predicted octanol–water partition coefficient (Wildman–Crippen LogP) is 2.72. The Morgan fingerprint density at radius 3 is 2.50 bits per heavy atom. The lowest BCUT2D eigenvalue weighted by atomic mass is 9.97. The molecule has 0 saturated carbocycles. The van der Waals surface area contributed by atoms with Gasteiger partial charge in [-0.1, -0.05) is 0 Å². The number of aliphatic hydroxyl groups is 1. The molecule has 1 N–H and O–H groups in total. The molecule has 1 aliphatic rings. The van der Waals surface area contributed by atoms with Crippen LogP contribution in [0.4, 0.5) is 10.1 Å². The Balaban J connectivity index is 2.40. The van der Waals surface area contributed by atoms with Gasteiger partial charge in [0.2, 0.25) is 0 Å². The average Bonchev–Trinajstić information content (AvgIpc) is 2.35. The lowest BCUT2D eigenvalue weighted by molar-refractivity contribution is 0.138. The van der Waals surface area contributed by atoms with Crippen LogP contribution in [0.5, 0.6) is 0 Å². The molecule has 0 aliphatic carbocycles. The number of halogens is 1. The highest BCUT2D eigenvalue weighted by atomic mass is 19.1. The molecule has 20 heavy (non-hydrogen) atoms. The lowest BCUT2D eigenvalue weighted by Crippen LogP contribution is -2.57. The van der Waals surface area contributed by atoms with Crippen LogP contribution in [0, 0.1) is 12.7 Å². The van der Waals surface area contributed by atoms with Crippen molar-refractivity contribution in [1.82, 2.24) is 4.90 Å². The monoisotopic (exact) mass is 280 g/mol. The van der Waals surface area contributed by atoms with Crippen molar-refractivity contribution in [2.45, 2.75) is 39.3 Å². The first kappa shape index (κ1) is 15.3. The fourth-order valence-electron chi connectivity index (χ4n) is 2.74. The zero-order chi connectivity index (χ0) is 15.1. The van der Waals surface area contributed by atoms with Gasteiger partial charge >= 0.3 is 0 Å². The number of rotatable bonds is 2. The molecule has 0 radical (unpaired) electrons. The van der Waals surface area contributed by atoms with Gasteiger partial charge in [-0.05, 0) is 52.4 Å². The van der Waals surface area contributed by atoms with Crippen LogP contribution < -0.4 is 4.90 Å². The van der Waals surface area contributed by atoms with Gasteiger partial charge in [0.05, 0.1) is 6.10 Å². The highest BCUT2D eigenvalue weighted by Crippen LogP contribution is 2.32. The summed E-state index contributed by atoms with van der Waals surface area (Å²) in [6.45, 7) is 10.6. The molecule has 1 saturated heterocycles. The average molecular weight is 280 g/mol. The summed E-state index contributed by atoms with van der Waals surface area (Å²) in [5.74, 6) is -0.252. The van der Waals surface area contributed by atoms with Crippen molar-refractivity contribution in [2.75, 3.05) is 31.6 Å². The molecule has 1 aromatic carbocycles. The Hall–Kier alpha value is -1.13. The summed E-state index contributed by atoms with van der Waals surface area (Å²) in [6, 6.07) is 3.33. The SMILES string of the molecule is Cc1cc(N2CCN(C)C(C)(C)C2)c([C@@H](C)O)cc1F. The van der Waals surface area contributed by atoms with E-state index in [0.29, 0.717) is 11.1 Å². The van der Waals surface area contributed by atoms with Crippen molar-refractivity contribution >= 4 is 5.69 Å². The van der Waals surface area contributed by atoms with Crippen molar-refractivity contribution < 1.29 is 9.50 Å². The lowest BCUT2D eigenvalue weighted by Gasteiger charge is -2.47. The number of piperazine rings is 1. The number of aliphatic hydroxyl groups excluding tert-OH is 1. The quantitative estimate of drug-likeness (QED) is 0.902. The second-order valence-corrected chi connectivity index (χ2v) is 6.49. The molecule has 0 amide bonds. The Bertz CT molecular complexity index is 499. The third-order valence-corrected chi connectivity index (χ3v) is 4.42. The summed E-state index contributed by atoms with van der Waals surface area (Å²) in [5, 5.41) is 9.93. The van der Waals surface area contributed by atoms with Crippen LogP contribution in [-0.2, 0) is 0 Å². The van der Waals surface area contributed by atoms with E-state index in [9.17, 15) is 9.50 Å². The Labute approximate surface area is 121 Å². The first-order chi connectivity index (χ1) is 9.22. The molecule has 112 valence electrons. The molecule has 1 heterocycles. The number of anilines is 1. The van der Waals surface area contributed by atoms with Crippen molar-refractivity contribution in [3.8, 4) is 0 Å². The number of likely N-dealkylation sites (N-methyl/N-ethyl adjacent to an activating group) is 1. The summed E-state index contributed by atoms with van der Waals surface area (Å²) >= 11 is 0. The van der Waals surface area contributed by atoms with Gasteiger partial charge in [0.1, 0.15) is 5.82 Å². The molecule has 0 bridgehead atoms. The number of hydrogen-bond donors (Lipinski definition) is 1. The molecule has 2 rings (SSSR count). The van der Waals surface area contributed by atoms with Crippen LogP contribution >= 0.6 is 0 Å². The second-order valence-electron chi connectivity index (χ2n) is 6.49. The maximum absolute atomic E-state index is 13.8. The van der Waals surface area contributed by atoms with Crippen LogP contribution in [0.25, 0.3) is 0 Å². The number of nitrogens with zero attached hydrogens (tertiary/aromatic N) is 2. The van der Waals surface area contributed by atoms with Crippen molar-refractivity contribution in [3.05, 3.63) is 29.1 Å². The number of hydrogen-bond acceptors (Lipinski definition) is 3. The summed E-state index contributed by atoms with van der Waals surface area (Å²) < 4.78 is 13.8. The second kappa shape index (κ2) is 5.34. The minimum atomic E-state index is -0.664. The van der Waals surface area contributed by atoms with E-state index in [4.69, 9.17) is 0 Å². The molecule has 0 spiro atoms. The third-order valence-electron chi connectivity index (χ3n) is 4.42. The van der Waals surface area contributed by atoms with E-state index >= 15 is 0 Å². The fraction of sp³-hybridized carbons (Fsp3) is 0.625. The standard InChI is InChI=1S/C16H25FN2O/c1-11-8-15(13(12(2)20)9-14(11)17)19-7-6-18(5)16(3,4)10-19/h8-9,12,20H,6-7,10H2,1-5H3/t12-/m1/s1. The summed E-state index contributed by atoms with van der Waals surface area (Å²) in [6.07, 6.45) is -0.664. The maximum atomic E-state index is 13.8. The topological polar surface area (TPSA) is 26.7 Å². The number of aryl methyl sites for hydroxylation is 1. The molecular formula is C16H25FN2O. The summed E-state index contributed by atoms with van der Waals surface area (Å²) in [4.78, 5) is 4.59. The van der Waals surface area contributed by atoms with Crippen LogP contribution in [0.2, 0.25) is 0 Å². The maximum Gasteiger partial charge on any atom is 0.126 e. The van der Waals surface area contributed by atoms with E-state index in [1.807, 2.05) is 6.07 Å². The van der Waals surface area contributed by atoms with Gasteiger partial charge in [0.15, 0.2) is 0 Å². The third kappa shape index (κ3) is 2.81. The number of benzene rings is 1. The Morgan fingerprint density at radius 2 is 1.95 bits per heavy atom. The predicted molar refractivity (Wildman–Crippen MR) is 80.7 cm³/mol. The van der Waals surface area contributed by atoms with Crippen LogP contribution in [0.3, 0.4) is 0 Å². The van der Waals surface area contributed by atoms with Gasteiger partial charge in [-0.25, -0.2) is 4.39 Å². The molecule has 4 heteroatoms. The zero-order valence-corrected chi connectivity index (χ0v) is 13.1. The first-order valence-corrected chi connectivity index (χ1v) is 7.16. The molecule has 1 aromatic rings. The Kier molecular flexibility index (Phi) is 4.07. The molecule has 0 unspecified atom stereocenters. The van der Waals surface area contributed by atoms with E-state index in [2.05, 4.69) is 30.7 Å². The summed E-state index contributed by atoms with van der Waals surface area (Å²) in [5.41, 5.74) is 2.32. The van der Waals surface area contributed by atoms with E-state index in [0.717, 1.165) is 25.3 Å². The molecular weight excluding hydrogens is 255 g/mol. The fourth-order valence-corrected chi connectivity index (χ4v) is 2.74. The van der Waals surface area contributed by atoms with Crippen LogP contribution in [0.15, 0.2) is 12.1 Å². The van der Waals surface area contributed by atoms with Gasteiger partial charge in [0, 0.05) is 36.4 Å². The van der Waals surface area contributed by atoms with E-state index < -0.39 is 6.10 Å². The van der Waals surface area contributed by atoms with Crippen molar-refractivity contribution in [3.63, 3.8) is 0 Å². The van der Waals surface area contributed by atoms with E-state index in [1.54, 1.807) is 13.8 Å². The summed E-state index contributed by atoms with van der Waals surface area (Å²) in [7, 11) is 2.13. The minimum absolute atomic E-state index is 0.0660. The first-order valence-electron chi connectivity index (χ1n) is 7.16. The van der Waals surface area contributed by atoms with Crippen LogP contribution in [0.1, 0.15) is 38.0 Å². The largest absolute Gasteiger partial charge is 0.389 e. The molecule has 1 aliphatic heterocycles. The molecule has 1 fully saturated rings. The highest BCUT2D eigenvalue weighted by Gasteiger charge is 2.32. The Morgan fingerprint density at radius 1 is 1.30 bits per heavy atom. The molecule has 0 aromatic heterocycles. The van der Waals surface area contributed by atoms with Gasteiger partial charge in [-0.15, -0.1) is 0 Å². The van der Waals surface area contributed by atoms with Crippen molar-refractivity contribution in [2.24, 2.45) is 0 Å². The van der Waals surface area contributed by atoms with Gasteiger partial charge < -0.3 is 10.0 Å². The van der Waals surface area contributed by atoms with E-state index in [-0.39, 0.29) is 11.4 Å². The van der Waals surface area contributed by atoms with Crippen LogP contribution in [-0.4, -0.2) is 42.2 Å². The van der Waals surface area contributed by atoms with E-state index in [1.165, 1.54) is 6.07 Å². The molecule has 3 nitrogen and oxygen atoms in total. The van der Waals surface area contributed by atoms with Gasteiger partial charge in [0.25, 0.3) is 0 Å². The van der Waals surface area contributed by atoms with Gasteiger partial charge in [-0.3, -0.25) is 4.90 Å². The van der Waals surface area contributed by atoms with Gasteiger partial charge in [-0.2, -0.15) is 0 Å². The molecule has 1 atom stereocenters.